The van der Waals surface area contributed by atoms with Crippen molar-refractivity contribution in [2.75, 3.05) is 15.5 Å². The van der Waals surface area contributed by atoms with Gasteiger partial charge >= 0.3 is 6.03 Å². The highest BCUT2D eigenvalue weighted by molar-refractivity contribution is 7.22. The van der Waals surface area contributed by atoms with E-state index in [-0.39, 0.29) is 5.13 Å². The monoisotopic (exact) mass is 432 g/mol. The van der Waals surface area contributed by atoms with Crippen LogP contribution in [0.25, 0.3) is 10.2 Å². The van der Waals surface area contributed by atoms with E-state index in [1.165, 1.54) is 29.5 Å². The lowest BCUT2D eigenvalue weighted by atomic mass is 10.1. The van der Waals surface area contributed by atoms with Gasteiger partial charge in [0.05, 0.1) is 21.3 Å². The highest BCUT2D eigenvalue weighted by atomic mass is 32.1. The smallest absolute Gasteiger partial charge is 0.308 e. The quantitative estimate of drug-likeness (QED) is 0.452. The van der Waals surface area contributed by atoms with Crippen LogP contribution in [0.4, 0.5) is 25.7 Å². The highest BCUT2D eigenvalue weighted by Crippen LogP contribution is 2.35. The number of amides is 4. The molecule has 1 aromatic heterocycles. The van der Waals surface area contributed by atoms with E-state index in [2.05, 4.69) is 15.6 Å². The Bertz CT molecular complexity index is 1350. The second-order valence-corrected chi connectivity index (χ2v) is 7.77. The molecule has 0 radical (unpaired) electrons. The van der Waals surface area contributed by atoms with Gasteiger partial charge in [-0.1, -0.05) is 29.5 Å². The maximum absolute atomic E-state index is 13.3. The third-order valence-electron chi connectivity index (χ3n) is 4.70. The number of hydrogen-bond donors (Lipinski definition) is 2. The topological polar surface area (TPSA) is 91.4 Å². The van der Waals surface area contributed by atoms with E-state index in [1.54, 1.807) is 48.5 Å². The second-order valence-electron chi connectivity index (χ2n) is 6.76. The first-order valence-electron chi connectivity index (χ1n) is 9.21. The summed E-state index contributed by atoms with van der Waals surface area (Å²) in [6, 6.07) is 16.7. The van der Waals surface area contributed by atoms with Crippen LogP contribution < -0.4 is 15.5 Å². The van der Waals surface area contributed by atoms with Gasteiger partial charge in [0.25, 0.3) is 11.8 Å². The second kappa shape index (κ2) is 7.29. The van der Waals surface area contributed by atoms with Crippen molar-refractivity contribution in [1.82, 2.24) is 4.98 Å². The molecule has 5 rings (SSSR count). The normalized spacial score (nSPS) is 12.9. The van der Waals surface area contributed by atoms with Crippen LogP contribution >= 0.6 is 11.3 Å². The molecule has 7 nitrogen and oxygen atoms in total. The van der Waals surface area contributed by atoms with E-state index in [9.17, 15) is 18.8 Å². The van der Waals surface area contributed by atoms with Crippen LogP contribution in [0.3, 0.4) is 0 Å². The molecule has 1 aliphatic rings. The number of urea groups is 1. The first kappa shape index (κ1) is 18.9. The lowest BCUT2D eigenvalue weighted by Gasteiger charge is -2.08. The molecule has 0 aliphatic carbocycles. The van der Waals surface area contributed by atoms with E-state index in [4.69, 9.17) is 0 Å². The zero-order valence-corrected chi connectivity index (χ0v) is 16.6. The molecule has 4 aromatic rings. The van der Waals surface area contributed by atoms with E-state index < -0.39 is 23.7 Å². The molecule has 0 unspecified atom stereocenters. The summed E-state index contributed by atoms with van der Waals surface area (Å²) in [5.41, 5.74) is 2.10. The summed E-state index contributed by atoms with van der Waals surface area (Å²) in [6.07, 6.45) is 0. The van der Waals surface area contributed by atoms with Crippen molar-refractivity contribution in [1.29, 1.82) is 0 Å². The predicted molar refractivity (Wildman–Crippen MR) is 116 cm³/mol. The third kappa shape index (κ3) is 3.40. The van der Waals surface area contributed by atoms with Crippen LogP contribution in [-0.4, -0.2) is 22.8 Å². The summed E-state index contributed by atoms with van der Waals surface area (Å²) < 4.78 is 14.0. The molecular weight excluding hydrogens is 419 g/mol. The lowest BCUT2D eigenvalue weighted by molar-refractivity contribution is 0.0926. The van der Waals surface area contributed by atoms with Crippen molar-refractivity contribution in [3.8, 4) is 0 Å². The number of rotatable bonds is 3. The number of carbonyl (C=O) groups excluding carboxylic acids is 3. The third-order valence-corrected chi connectivity index (χ3v) is 5.71. The first-order valence-corrected chi connectivity index (χ1v) is 10.0. The number of imide groups is 1. The van der Waals surface area contributed by atoms with Crippen molar-refractivity contribution >= 4 is 55.9 Å². The molecule has 3 aromatic carbocycles. The van der Waals surface area contributed by atoms with Crippen LogP contribution in [0.5, 0.6) is 0 Å². The minimum absolute atomic E-state index is 0.266. The van der Waals surface area contributed by atoms with Crippen LogP contribution in [-0.2, 0) is 0 Å². The molecular formula is C22H13FN4O3S. The summed E-state index contributed by atoms with van der Waals surface area (Å²) in [6.45, 7) is 0. The Morgan fingerprint density at radius 3 is 2.23 bits per heavy atom. The maximum Gasteiger partial charge on any atom is 0.323 e. The van der Waals surface area contributed by atoms with Gasteiger partial charge in [-0.05, 0) is 48.5 Å². The van der Waals surface area contributed by atoms with Gasteiger partial charge < -0.3 is 10.6 Å². The van der Waals surface area contributed by atoms with E-state index in [0.29, 0.717) is 32.7 Å². The highest BCUT2D eigenvalue weighted by Gasteiger charge is 2.38. The van der Waals surface area contributed by atoms with Gasteiger partial charge in [-0.25, -0.2) is 19.1 Å². The average molecular weight is 432 g/mol. The van der Waals surface area contributed by atoms with Crippen molar-refractivity contribution in [3.63, 3.8) is 0 Å². The Labute approximate surface area is 179 Å². The molecule has 0 fully saturated rings. The van der Waals surface area contributed by atoms with E-state index in [0.717, 1.165) is 4.90 Å². The molecule has 31 heavy (non-hydrogen) atoms. The SMILES string of the molecule is O=C(Nc1cccc(F)c1)Nc1ccc2nc(N3C(=O)c4ccccc4C3=O)sc2c1. The van der Waals surface area contributed by atoms with Crippen LogP contribution in [0, 0.1) is 5.82 Å². The zero-order valence-electron chi connectivity index (χ0n) is 15.8. The molecule has 0 spiro atoms. The van der Waals surface area contributed by atoms with E-state index >= 15 is 0 Å². The van der Waals surface area contributed by atoms with Gasteiger partial charge in [0, 0.05) is 11.4 Å². The number of nitrogens with one attached hydrogen (secondary N) is 2. The maximum atomic E-state index is 13.3. The van der Waals surface area contributed by atoms with Gasteiger partial charge in [0.2, 0.25) is 5.13 Å². The average Bonchev–Trinajstić information content (AvgIpc) is 3.26. The fraction of sp³-hybridized carbons (Fsp3) is 0. The molecule has 9 heteroatoms. The van der Waals surface area contributed by atoms with Crippen molar-refractivity contribution < 1.29 is 18.8 Å². The number of carbonyl (C=O) groups is 3. The molecule has 2 N–H and O–H groups in total. The van der Waals surface area contributed by atoms with E-state index in [1.807, 2.05) is 0 Å². The number of fused-ring (bicyclic) bond motifs is 2. The predicted octanol–water partition coefficient (Wildman–Crippen LogP) is 4.88. The summed E-state index contributed by atoms with van der Waals surface area (Å²) >= 11 is 1.17. The summed E-state index contributed by atoms with van der Waals surface area (Å²) in [5, 5.41) is 5.49. The van der Waals surface area contributed by atoms with Gasteiger partial charge in [0.15, 0.2) is 0 Å². The van der Waals surface area contributed by atoms with Crippen LogP contribution in [0.15, 0.2) is 66.7 Å². The number of halogens is 1. The Balaban J connectivity index is 1.38. The van der Waals surface area contributed by atoms with Gasteiger partial charge in [0.1, 0.15) is 5.82 Å². The summed E-state index contributed by atoms with van der Waals surface area (Å²) in [4.78, 5) is 43.0. The molecule has 0 bridgehead atoms. The van der Waals surface area contributed by atoms with Crippen molar-refractivity contribution in [3.05, 3.63) is 83.7 Å². The van der Waals surface area contributed by atoms with Gasteiger partial charge in [-0.15, -0.1) is 0 Å². The Morgan fingerprint density at radius 2 is 1.55 bits per heavy atom. The lowest BCUT2D eigenvalue weighted by Crippen LogP contribution is -2.29. The van der Waals surface area contributed by atoms with Gasteiger partial charge in [-0.2, -0.15) is 0 Å². The fourth-order valence-electron chi connectivity index (χ4n) is 3.31. The molecule has 0 saturated carbocycles. The number of benzene rings is 3. The van der Waals surface area contributed by atoms with Gasteiger partial charge in [-0.3, -0.25) is 9.59 Å². The van der Waals surface area contributed by atoms with Crippen LogP contribution in [0.2, 0.25) is 0 Å². The molecule has 1 aliphatic heterocycles. The Hall–Kier alpha value is -4.11. The largest absolute Gasteiger partial charge is 0.323 e. The zero-order chi connectivity index (χ0) is 21.5. The number of anilines is 3. The summed E-state index contributed by atoms with van der Waals surface area (Å²) in [7, 11) is 0. The molecule has 152 valence electrons. The number of aromatic nitrogens is 1. The minimum Gasteiger partial charge on any atom is -0.308 e. The number of nitrogens with zero attached hydrogens (tertiary/aromatic N) is 2. The Morgan fingerprint density at radius 1 is 0.871 bits per heavy atom. The fourth-order valence-corrected chi connectivity index (χ4v) is 4.31. The first-order chi connectivity index (χ1) is 15.0. The van der Waals surface area contributed by atoms with Crippen LogP contribution in [0.1, 0.15) is 20.7 Å². The van der Waals surface area contributed by atoms with Crippen molar-refractivity contribution in [2.24, 2.45) is 0 Å². The minimum atomic E-state index is -0.532. The summed E-state index contributed by atoms with van der Waals surface area (Å²) in [5.74, 6) is -1.27. The number of thiazole rings is 1. The molecule has 4 amide bonds. The van der Waals surface area contributed by atoms with Crippen molar-refractivity contribution in [2.45, 2.75) is 0 Å². The molecule has 0 atom stereocenters. The molecule has 2 heterocycles. The Kier molecular flexibility index (Phi) is 4.45. The molecule has 0 saturated heterocycles. The number of hydrogen-bond acceptors (Lipinski definition) is 5. The standard InChI is InChI=1S/C22H13FN4O3S/c23-12-4-3-5-13(10-12)24-21(30)25-14-8-9-17-18(11-14)31-22(26-17)27-19(28)15-6-1-2-7-16(15)20(27)29/h1-11H,(H2,24,25,30).